The van der Waals surface area contributed by atoms with Crippen LogP contribution in [0.15, 0.2) is 35.4 Å². The van der Waals surface area contributed by atoms with Crippen LogP contribution in [0.25, 0.3) is 10.9 Å². The van der Waals surface area contributed by atoms with Gasteiger partial charge < -0.3 is 10.0 Å². The van der Waals surface area contributed by atoms with Crippen molar-refractivity contribution in [2.24, 2.45) is 11.8 Å². The second-order valence-corrected chi connectivity index (χ2v) is 7.56. The van der Waals surface area contributed by atoms with Gasteiger partial charge in [-0.2, -0.15) is 0 Å². The topological polar surface area (TPSA) is 75.4 Å². The maximum absolute atomic E-state index is 12.6. The number of nitrogens with zero attached hydrogens (tertiary/aromatic N) is 3. The molecule has 1 aliphatic heterocycles. The van der Waals surface area contributed by atoms with Gasteiger partial charge in [0.25, 0.3) is 5.56 Å². The van der Waals surface area contributed by atoms with E-state index in [0.29, 0.717) is 42.8 Å². The van der Waals surface area contributed by atoms with Crippen LogP contribution in [-0.2, 0) is 11.3 Å². The van der Waals surface area contributed by atoms with Crippen molar-refractivity contribution in [3.05, 3.63) is 40.9 Å². The smallest absolute Gasteiger partial charge is 0.261 e. The first-order chi connectivity index (χ1) is 12.0. The highest BCUT2D eigenvalue weighted by atomic mass is 16.3. The van der Waals surface area contributed by atoms with Crippen molar-refractivity contribution in [3.63, 3.8) is 0 Å². The van der Waals surface area contributed by atoms with Gasteiger partial charge in [-0.05, 0) is 37.3 Å². The van der Waals surface area contributed by atoms with E-state index in [2.05, 4.69) is 11.9 Å². The Morgan fingerprint density at radius 2 is 2.00 bits per heavy atom. The molecular formula is C19H23N3O3. The maximum atomic E-state index is 12.6. The SMILES string of the molecule is C[C@@H]1C[C@H]1C(=O)N1CCC(O)(Cn2cnc3ccccc3c2=O)CC1. The average Bonchev–Trinajstić information content (AvgIpc) is 3.34. The second kappa shape index (κ2) is 5.95. The van der Waals surface area contributed by atoms with Gasteiger partial charge in [-0.3, -0.25) is 14.2 Å². The molecule has 1 amide bonds. The van der Waals surface area contributed by atoms with Crippen LogP contribution in [-0.4, -0.2) is 44.2 Å². The van der Waals surface area contributed by atoms with Crippen LogP contribution in [0.2, 0.25) is 0 Å². The van der Waals surface area contributed by atoms with Crippen molar-refractivity contribution in [1.29, 1.82) is 0 Å². The van der Waals surface area contributed by atoms with E-state index in [4.69, 9.17) is 0 Å². The number of amides is 1. The zero-order chi connectivity index (χ0) is 17.6. The summed E-state index contributed by atoms with van der Waals surface area (Å²) in [6.45, 7) is 3.41. The molecule has 2 fully saturated rings. The summed E-state index contributed by atoms with van der Waals surface area (Å²) in [5, 5.41) is 11.5. The van der Waals surface area contributed by atoms with Gasteiger partial charge in [0.15, 0.2) is 0 Å². The van der Waals surface area contributed by atoms with Crippen LogP contribution in [0.3, 0.4) is 0 Å². The second-order valence-electron chi connectivity index (χ2n) is 7.56. The van der Waals surface area contributed by atoms with Gasteiger partial charge in [0.2, 0.25) is 5.91 Å². The molecular weight excluding hydrogens is 318 g/mol. The normalized spacial score (nSPS) is 25.1. The quantitative estimate of drug-likeness (QED) is 0.916. The summed E-state index contributed by atoms with van der Waals surface area (Å²) in [7, 11) is 0. The minimum absolute atomic E-state index is 0.135. The van der Waals surface area contributed by atoms with Crippen LogP contribution in [0.4, 0.5) is 0 Å². The molecule has 0 unspecified atom stereocenters. The molecule has 25 heavy (non-hydrogen) atoms. The van der Waals surface area contributed by atoms with E-state index in [1.165, 1.54) is 10.9 Å². The van der Waals surface area contributed by atoms with Gasteiger partial charge in [-0.15, -0.1) is 0 Å². The zero-order valence-corrected chi connectivity index (χ0v) is 14.4. The molecule has 4 rings (SSSR count). The standard InChI is InChI=1S/C19H23N3O3/c1-13-10-15(13)18(24)21-8-6-19(25,7-9-21)11-22-12-20-16-5-3-2-4-14(16)17(22)23/h2-5,12-13,15,25H,6-11H2,1H3/t13-,15-/m1/s1. The van der Waals surface area contributed by atoms with E-state index in [-0.39, 0.29) is 23.9 Å². The lowest BCUT2D eigenvalue weighted by atomic mass is 9.91. The molecule has 2 aliphatic rings. The summed E-state index contributed by atoms with van der Waals surface area (Å²) < 4.78 is 1.49. The third-order valence-electron chi connectivity index (χ3n) is 5.63. The number of benzene rings is 1. The minimum Gasteiger partial charge on any atom is -0.388 e. The molecule has 0 radical (unpaired) electrons. The number of hydrogen-bond donors (Lipinski definition) is 1. The number of carbonyl (C=O) groups is 1. The van der Waals surface area contributed by atoms with Crippen molar-refractivity contribution in [1.82, 2.24) is 14.5 Å². The first kappa shape index (κ1) is 16.3. The number of likely N-dealkylation sites (tertiary alicyclic amines) is 1. The predicted molar refractivity (Wildman–Crippen MR) is 94.0 cm³/mol. The third kappa shape index (κ3) is 3.06. The lowest BCUT2D eigenvalue weighted by Crippen LogP contribution is -2.50. The number of para-hydroxylation sites is 1. The Bertz CT molecular complexity index is 868. The highest BCUT2D eigenvalue weighted by Crippen LogP contribution is 2.40. The van der Waals surface area contributed by atoms with Gasteiger partial charge in [-0.25, -0.2) is 4.98 Å². The summed E-state index contributed by atoms with van der Waals surface area (Å²) in [5.74, 6) is 0.896. The molecule has 1 saturated heterocycles. The summed E-state index contributed by atoms with van der Waals surface area (Å²) in [5.41, 5.74) is -0.445. The maximum Gasteiger partial charge on any atom is 0.261 e. The number of aromatic nitrogens is 2. The van der Waals surface area contributed by atoms with Crippen molar-refractivity contribution in [2.75, 3.05) is 13.1 Å². The average molecular weight is 341 g/mol. The van der Waals surface area contributed by atoms with Gasteiger partial charge in [0.1, 0.15) is 0 Å². The molecule has 1 aromatic carbocycles. The molecule has 1 aliphatic carbocycles. The summed E-state index contributed by atoms with van der Waals surface area (Å²) in [6.07, 6.45) is 3.46. The lowest BCUT2D eigenvalue weighted by molar-refractivity contribution is -0.137. The molecule has 2 atom stereocenters. The fourth-order valence-corrected chi connectivity index (χ4v) is 3.74. The Hall–Kier alpha value is -2.21. The molecule has 1 N–H and O–H groups in total. The lowest BCUT2D eigenvalue weighted by Gasteiger charge is -2.38. The van der Waals surface area contributed by atoms with E-state index in [0.717, 1.165) is 6.42 Å². The highest BCUT2D eigenvalue weighted by molar-refractivity contribution is 5.81. The zero-order valence-electron chi connectivity index (χ0n) is 14.4. The summed E-state index contributed by atoms with van der Waals surface area (Å²) in [6, 6.07) is 7.22. The van der Waals surface area contributed by atoms with Crippen molar-refractivity contribution >= 4 is 16.8 Å². The summed E-state index contributed by atoms with van der Waals surface area (Å²) >= 11 is 0. The van der Waals surface area contributed by atoms with E-state index in [9.17, 15) is 14.7 Å². The Morgan fingerprint density at radius 1 is 1.32 bits per heavy atom. The number of fused-ring (bicyclic) bond motifs is 1. The van der Waals surface area contributed by atoms with Gasteiger partial charge in [0.05, 0.1) is 29.4 Å². The molecule has 0 spiro atoms. The van der Waals surface area contributed by atoms with E-state index >= 15 is 0 Å². The number of piperidine rings is 1. The molecule has 1 aromatic heterocycles. The fraction of sp³-hybridized carbons (Fsp3) is 0.526. The summed E-state index contributed by atoms with van der Waals surface area (Å²) in [4.78, 5) is 31.1. The molecule has 6 nitrogen and oxygen atoms in total. The molecule has 2 heterocycles. The van der Waals surface area contributed by atoms with Crippen LogP contribution >= 0.6 is 0 Å². The van der Waals surface area contributed by atoms with E-state index < -0.39 is 5.60 Å². The van der Waals surface area contributed by atoms with Gasteiger partial charge >= 0.3 is 0 Å². The molecule has 0 bridgehead atoms. The van der Waals surface area contributed by atoms with Crippen molar-refractivity contribution < 1.29 is 9.90 Å². The molecule has 6 heteroatoms. The van der Waals surface area contributed by atoms with Crippen LogP contribution < -0.4 is 5.56 Å². The molecule has 1 saturated carbocycles. The highest BCUT2D eigenvalue weighted by Gasteiger charge is 2.43. The van der Waals surface area contributed by atoms with Gasteiger partial charge in [-0.1, -0.05) is 19.1 Å². The van der Waals surface area contributed by atoms with Crippen LogP contribution in [0.5, 0.6) is 0 Å². The van der Waals surface area contributed by atoms with Crippen LogP contribution in [0, 0.1) is 11.8 Å². The Balaban J connectivity index is 1.47. The van der Waals surface area contributed by atoms with Crippen molar-refractivity contribution in [2.45, 2.75) is 38.3 Å². The largest absolute Gasteiger partial charge is 0.388 e. The predicted octanol–water partition coefficient (Wildman–Crippen LogP) is 1.41. The van der Waals surface area contributed by atoms with Crippen LogP contribution in [0.1, 0.15) is 26.2 Å². The number of carbonyl (C=O) groups excluding carboxylic acids is 1. The number of rotatable bonds is 3. The number of aliphatic hydroxyl groups is 1. The third-order valence-corrected chi connectivity index (χ3v) is 5.63. The van der Waals surface area contributed by atoms with Gasteiger partial charge in [0, 0.05) is 19.0 Å². The Kier molecular flexibility index (Phi) is 3.87. The molecule has 132 valence electrons. The van der Waals surface area contributed by atoms with E-state index in [1.54, 1.807) is 12.1 Å². The molecule has 2 aromatic rings. The first-order valence-electron chi connectivity index (χ1n) is 8.92. The fourth-order valence-electron chi connectivity index (χ4n) is 3.74. The van der Waals surface area contributed by atoms with E-state index in [1.807, 2.05) is 17.0 Å². The number of hydrogen-bond acceptors (Lipinski definition) is 4. The first-order valence-corrected chi connectivity index (χ1v) is 8.92. The Labute approximate surface area is 146 Å². The monoisotopic (exact) mass is 341 g/mol. The Morgan fingerprint density at radius 3 is 2.68 bits per heavy atom. The van der Waals surface area contributed by atoms with Crippen molar-refractivity contribution in [3.8, 4) is 0 Å². The minimum atomic E-state index is -0.972.